The summed E-state index contributed by atoms with van der Waals surface area (Å²) in [4.78, 5) is 39.0. The maximum absolute atomic E-state index is 13.2. The van der Waals surface area contributed by atoms with Crippen LogP contribution < -0.4 is 19.7 Å². The predicted octanol–water partition coefficient (Wildman–Crippen LogP) is 6.40. The molecular weight excluding hydrogens is 571 g/mol. The third-order valence-electron chi connectivity index (χ3n) is 5.11. The van der Waals surface area contributed by atoms with Gasteiger partial charge in [0, 0.05) is 5.02 Å². The Labute approximate surface area is 225 Å². The zero-order valence-electron chi connectivity index (χ0n) is 18.9. The van der Waals surface area contributed by atoms with Crippen LogP contribution in [-0.2, 0) is 16.2 Å². The molecule has 3 aromatic rings. The first-order valence-electron chi connectivity index (χ1n) is 10.8. The van der Waals surface area contributed by atoms with Crippen molar-refractivity contribution in [1.82, 2.24) is 5.32 Å². The molecule has 4 rings (SSSR count). The zero-order chi connectivity index (χ0) is 25.8. The molecule has 1 aliphatic heterocycles. The van der Waals surface area contributed by atoms with Crippen molar-refractivity contribution in [3.05, 3.63) is 91.9 Å². The summed E-state index contributed by atoms with van der Waals surface area (Å²) in [5.74, 6) is -0.759. The van der Waals surface area contributed by atoms with Gasteiger partial charge in [-0.15, -0.1) is 0 Å². The van der Waals surface area contributed by atoms with E-state index < -0.39 is 17.8 Å². The van der Waals surface area contributed by atoms with Crippen molar-refractivity contribution in [2.45, 2.75) is 13.5 Å². The van der Waals surface area contributed by atoms with Gasteiger partial charge in [-0.3, -0.25) is 14.9 Å². The molecule has 1 N–H and O–H groups in total. The SMILES string of the molecule is CCOc1cc(/C=C2\C(=O)NC(=O)N(c3ccccc3Cl)C2=O)cc(Br)c1OCc1cccc(Cl)c1. The molecule has 36 heavy (non-hydrogen) atoms. The number of hydrogen-bond acceptors (Lipinski definition) is 5. The summed E-state index contributed by atoms with van der Waals surface area (Å²) in [6.07, 6.45) is 1.38. The van der Waals surface area contributed by atoms with E-state index in [4.69, 9.17) is 32.7 Å². The molecule has 7 nitrogen and oxygen atoms in total. The van der Waals surface area contributed by atoms with Crippen molar-refractivity contribution in [3.63, 3.8) is 0 Å². The van der Waals surface area contributed by atoms with Gasteiger partial charge in [-0.25, -0.2) is 9.69 Å². The molecule has 0 unspecified atom stereocenters. The first-order chi connectivity index (χ1) is 17.3. The Morgan fingerprint density at radius 2 is 1.78 bits per heavy atom. The molecule has 4 amide bonds. The zero-order valence-corrected chi connectivity index (χ0v) is 22.0. The summed E-state index contributed by atoms with van der Waals surface area (Å²) in [7, 11) is 0. The minimum atomic E-state index is -0.879. The summed E-state index contributed by atoms with van der Waals surface area (Å²) in [5.41, 5.74) is 1.28. The highest BCUT2D eigenvalue weighted by atomic mass is 79.9. The average molecular weight is 590 g/mol. The molecule has 0 aliphatic carbocycles. The number of nitrogens with zero attached hydrogens (tertiary/aromatic N) is 1. The number of carbonyl (C=O) groups excluding carboxylic acids is 3. The number of anilines is 1. The van der Waals surface area contributed by atoms with E-state index in [1.54, 1.807) is 42.5 Å². The quantitative estimate of drug-likeness (QED) is 0.255. The van der Waals surface area contributed by atoms with Crippen LogP contribution in [0.25, 0.3) is 6.08 Å². The lowest BCUT2D eigenvalue weighted by molar-refractivity contribution is -0.122. The maximum atomic E-state index is 13.2. The van der Waals surface area contributed by atoms with Gasteiger partial charge >= 0.3 is 6.03 Å². The van der Waals surface area contributed by atoms with Crippen molar-refractivity contribution in [3.8, 4) is 11.5 Å². The second-order valence-electron chi connectivity index (χ2n) is 7.59. The van der Waals surface area contributed by atoms with Gasteiger partial charge in [0.25, 0.3) is 11.8 Å². The fourth-order valence-corrected chi connectivity index (χ4v) is 4.54. The Hall–Kier alpha value is -3.33. The monoisotopic (exact) mass is 588 g/mol. The molecule has 1 saturated heterocycles. The first-order valence-corrected chi connectivity index (χ1v) is 12.3. The molecule has 1 fully saturated rings. The van der Waals surface area contributed by atoms with E-state index in [0.717, 1.165) is 10.5 Å². The van der Waals surface area contributed by atoms with Gasteiger partial charge in [0.05, 0.1) is 21.8 Å². The second kappa shape index (κ2) is 11.2. The fraction of sp³-hybridized carbons (Fsp3) is 0.115. The number of rotatable bonds is 7. The summed E-state index contributed by atoms with van der Waals surface area (Å²) < 4.78 is 12.3. The van der Waals surface area contributed by atoms with Crippen molar-refractivity contribution >= 4 is 68.7 Å². The van der Waals surface area contributed by atoms with Crippen molar-refractivity contribution in [1.29, 1.82) is 0 Å². The van der Waals surface area contributed by atoms with Crippen LogP contribution in [0.4, 0.5) is 10.5 Å². The van der Waals surface area contributed by atoms with E-state index in [0.29, 0.717) is 33.2 Å². The van der Waals surface area contributed by atoms with Crippen LogP contribution in [0.15, 0.2) is 70.7 Å². The number of carbonyl (C=O) groups is 3. The molecule has 10 heteroatoms. The van der Waals surface area contributed by atoms with E-state index >= 15 is 0 Å². The molecule has 1 heterocycles. The number of nitrogens with one attached hydrogen (secondary N) is 1. The van der Waals surface area contributed by atoms with Crippen molar-refractivity contribution < 1.29 is 23.9 Å². The Kier molecular flexibility index (Phi) is 7.98. The third kappa shape index (κ3) is 5.56. The number of para-hydroxylation sites is 1. The Morgan fingerprint density at radius 1 is 1.00 bits per heavy atom. The van der Waals surface area contributed by atoms with Gasteiger partial charge in [0.15, 0.2) is 11.5 Å². The van der Waals surface area contributed by atoms with Crippen LogP contribution in [0.5, 0.6) is 11.5 Å². The van der Waals surface area contributed by atoms with Crippen LogP contribution >= 0.6 is 39.1 Å². The Balaban J connectivity index is 1.67. The minimum Gasteiger partial charge on any atom is -0.490 e. The lowest BCUT2D eigenvalue weighted by Gasteiger charge is -2.27. The number of halogens is 3. The average Bonchev–Trinajstić information content (AvgIpc) is 2.82. The molecule has 3 aromatic carbocycles. The Bertz CT molecular complexity index is 1390. The smallest absolute Gasteiger partial charge is 0.335 e. The molecule has 184 valence electrons. The predicted molar refractivity (Wildman–Crippen MR) is 142 cm³/mol. The van der Waals surface area contributed by atoms with E-state index in [-0.39, 0.29) is 22.9 Å². The fourth-order valence-electron chi connectivity index (χ4n) is 3.53. The van der Waals surface area contributed by atoms with Crippen LogP contribution in [0.1, 0.15) is 18.1 Å². The number of barbiturate groups is 1. The van der Waals surface area contributed by atoms with Gasteiger partial charge in [-0.2, -0.15) is 0 Å². The summed E-state index contributed by atoms with van der Waals surface area (Å²) >= 11 is 15.7. The van der Waals surface area contributed by atoms with Crippen LogP contribution in [0.3, 0.4) is 0 Å². The lowest BCUT2D eigenvalue weighted by Crippen LogP contribution is -2.54. The second-order valence-corrected chi connectivity index (χ2v) is 9.29. The minimum absolute atomic E-state index is 0.168. The number of ether oxygens (including phenoxy) is 2. The lowest BCUT2D eigenvalue weighted by atomic mass is 10.1. The van der Waals surface area contributed by atoms with Crippen molar-refractivity contribution in [2.75, 3.05) is 11.5 Å². The molecule has 1 aliphatic rings. The van der Waals surface area contributed by atoms with Gasteiger partial charge in [-0.1, -0.05) is 47.5 Å². The van der Waals surface area contributed by atoms with Crippen LogP contribution in [0, 0.1) is 0 Å². The topological polar surface area (TPSA) is 84.9 Å². The van der Waals surface area contributed by atoms with E-state index in [1.807, 2.05) is 19.1 Å². The molecule has 0 bridgehead atoms. The molecule has 0 saturated carbocycles. The molecule has 0 spiro atoms. The van der Waals surface area contributed by atoms with Crippen LogP contribution in [0.2, 0.25) is 10.0 Å². The highest BCUT2D eigenvalue weighted by molar-refractivity contribution is 9.10. The standard InChI is InChI=1S/C26H19BrCl2N2O5/c1-2-35-22-13-16(12-19(27)23(22)36-14-15-6-5-7-17(28)10-15)11-18-24(32)30-26(34)31(25(18)33)21-9-4-3-8-20(21)29/h3-13H,2,14H2,1H3,(H,30,32,34)/b18-11+. The van der Waals surface area contributed by atoms with E-state index in [2.05, 4.69) is 21.2 Å². The summed E-state index contributed by atoms with van der Waals surface area (Å²) in [6, 6.07) is 16.1. The number of imide groups is 2. The molecular formula is C26H19BrCl2N2O5. The number of amides is 4. The normalized spacial score (nSPS) is 14.7. The Morgan fingerprint density at radius 3 is 2.50 bits per heavy atom. The largest absolute Gasteiger partial charge is 0.490 e. The summed E-state index contributed by atoms with van der Waals surface area (Å²) in [5, 5.41) is 2.98. The highest BCUT2D eigenvalue weighted by Gasteiger charge is 2.37. The third-order valence-corrected chi connectivity index (χ3v) is 6.25. The van der Waals surface area contributed by atoms with Crippen molar-refractivity contribution in [2.24, 2.45) is 0 Å². The summed E-state index contributed by atoms with van der Waals surface area (Å²) in [6.45, 7) is 2.43. The van der Waals surface area contributed by atoms with E-state index in [9.17, 15) is 14.4 Å². The number of benzene rings is 3. The molecule has 0 radical (unpaired) electrons. The van der Waals surface area contributed by atoms with Gasteiger partial charge in [0.2, 0.25) is 0 Å². The highest BCUT2D eigenvalue weighted by Crippen LogP contribution is 2.38. The van der Waals surface area contributed by atoms with Gasteiger partial charge in [0.1, 0.15) is 12.2 Å². The first kappa shape index (κ1) is 25.8. The molecule has 0 aromatic heterocycles. The number of hydrogen-bond donors (Lipinski definition) is 1. The van der Waals surface area contributed by atoms with Gasteiger partial charge in [-0.05, 0) is 76.5 Å². The number of urea groups is 1. The maximum Gasteiger partial charge on any atom is 0.335 e. The molecule has 0 atom stereocenters. The van der Waals surface area contributed by atoms with E-state index in [1.165, 1.54) is 12.1 Å². The van der Waals surface area contributed by atoms with Crippen LogP contribution in [-0.4, -0.2) is 24.5 Å². The van der Waals surface area contributed by atoms with Gasteiger partial charge < -0.3 is 9.47 Å².